The third kappa shape index (κ3) is 3.35. The van der Waals surface area contributed by atoms with Gasteiger partial charge >= 0.3 is 0 Å². The number of nitrogens with zero attached hydrogens (tertiary/aromatic N) is 3. The van der Waals surface area contributed by atoms with Gasteiger partial charge in [0, 0.05) is 30.2 Å². The highest BCUT2D eigenvalue weighted by Gasteiger charge is 2.25. The average molecular weight is 298 g/mol. The van der Waals surface area contributed by atoms with Gasteiger partial charge in [-0.1, -0.05) is 13.8 Å². The van der Waals surface area contributed by atoms with Crippen molar-refractivity contribution < 1.29 is 4.79 Å². The summed E-state index contributed by atoms with van der Waals surface area (Å²) in [5.41, 5.74) is 0.643. The van der Waals surface area contributed by atoms with Crippen molar-refractivity contribution >= 4 is 5.91 Å². The zero-order valence-corrected chi connectivity index (χ0v) is 13.1. The van der Waals surface area contributed by atoms with Gasteiger partial charge in [0.05, 0.1) is 0 Å². The maximum absolute atomic E-state index is 12.5. The van der Waals surface area contributed by atoms with Crippen LogP contribution in [0.4, 0.5) is 0 Å². The lowest BCUT2D eigenvalue weighted by Gasteiger charge is -2.32. The van der Waals surface area contributed by atoms with Gasteiger partial charge in [-0.05, 0) is 43.2 Å². The van der Waals surface area contributed by atoms with Crippen molar-refractivity contribution in [2.45, 2.75) is 39.2 Å². The Morgan fingerprint density at radius 1 is 1.23 bits per heavy atom. The third-order valence-electron chi connectivity index (χ3n) is 4.29. The lowest BCUT2D eigenvalue weighted by Crippen LogP contribution is -2.40. The van der Waals surface area contributed by atoms with Crippen molar-refractivity contribution in [3.63, 3.8) is 0 Å². The number of nitrogens with one attached hydrogen (secondary N) is 1. The first-order valence-electron chi connectivity index (χ1n) is 7.87. The van der Waals surface area contributed by atoms with Crippen LogP contribution in [0.5, 0.6) is 0 Å². The second-order valence-electron chi connectivity index (χ2n) is 6.46. The number of pyridine rings is 1. The van der Waals surface area contributed by atoms with E-state index in [4.69, 9.17) is 0 Å². The first-order chi connectivity index (χ1) is 10.6. The fourth-order valence-electron chi connectivity index (χ4n) is 3.43. The molecule has 2 heterocycles. The van der Waals surface area contributed by atoms with E-state index in [2.05, 4.69) is 29.1 Å². The molecule has 1 fully saturated rings. The summed E-state index contributed by atoms with van der Waals surface area (Å²) >= 11 is 0. The largest absolute Gasteiger partial charge is 0.349 e. The molecule has 0 radical (unpaired) electrons. The summed E-state index contributed by atoms with van der Waals surface area (Å²) in [6, 6.07) is 3.83. The Balaban J connectivity index is 1.71. The average Bonchev–Trinajstić information content (AvgIpc) is 3.00. The molecule has 1 amide bonds. The molecule has 5 heteroatoms. The summed E-state index contributed by atoms with van der Waals surface area (Å²) in [4.78, 5) is 20.8. The number of aromatic nitrogens is 3. The van der Waals surface area contributed by atoms with Crippen molar-refractivity contribution in [2.75, 3.05) is 0 Å². The van der Waals surface area contributed by atoms with Crippen molar-refractivity contribution in [3.05, 3.63) is 42.6 Å². The minimum absolute atomic E-state index is 0.0185. The molecule has 2 unspecified atom stereocenters. The summed E-state index contributed by atoms with van der Waals surface area (Å²) in [7, 11) is 0. The summed E-state index contributed by atoms with van der Waals surface area (Å²) in [5, 5.41) is 3.18. The molecule has 0 spiro atoms. The van der Waals surface area contributed by atoms with Gasteiger partial charge in [0.2, 0.25) is 0 Å². The highest BCUT2D eigenvalue weighted by atomic mass is 16.1. The molecule has 2 atom stereocenters. The van der Waals surface area contributed by atoms with E-state index < -0.39 is 0 Å². The van der Waals surface area contributed by atoms with Gasteiger partial charge in [-0.25, -0.2) is 9.97 Å². The number of hydrogen-bond donors (Lipinski definition) is 1. The molecular formula is C17H22N4O. The molecule has 0 aromatic carbocycles. The minimum atomic E-state index is -0.0185. The van der Waals surface area contributed by atoms with Crippen molar-refractivity contribution in [1.29, 1.82) is 0 Å². The summed E-state index contributed by atoms with van der Waals surface area (Å²) in [6.07, 6.45) is 10.2. The highest BCUT2D eigenvalue weighted by Crippen LogP contribution is 2.28. The molecule has 5 nitrogen and oxygen atoms in total. The summed E-state index contributed by atoms with van der Waals surface area (Å²) < 4.78 is 1.79. The SMILES string of the molecule is CC1CC(C)CC(NC(=O)c2ccnc(-n3ccnc3)c2)C1. The van der Waals surface area contributed by atoms with Crippen LogP contribution in [0.15, 0.2) is 37.1 Å². The van der Waals surface area contributed by atoms with E-state index in [1.54, 1.807) is 35.4 Å². The monoisotopic (exact) mass is 298 g/mol. The van der Waals surface area contributed by atoms with Gasteiger partial charge in [-0.3, -0.25) is 9.36 Å². The smallest absolute Gasteiger partial charge is 0.251 e. The molecule has 3 rings (SSSR count). The number of rotatable bonds is 3. The van der Waals surface area contributed by atoms with E-state index in [-0.39, 0.29) is 11.9 Å². The Kier molecular flexibility index (Phi) is 4.22. The van der Waals surface area contributed by atoms with Gasteiger partial charge in [-0.15, -0.1) is 0 Å². The zero-order chi connectivity index (χ0) is 15.5. The minimum Gasteiger partial charge on any atom is -0.349 e. The summed E-state index contributed by atoms with van der Waals surface area (Å²) in [6.45, 7) is 4.52. The van der Waals surface area contributed by atoms with E-state index in [9.17, 15) is 4.79 Å². The first-order valence-corrected chi connectivity index (χ1v) is 7.87. The second-order valence-corrected chi connectivity index (χ2v) is 6.46. The molecule has 22 heavy (non-hydrogen) atoms. The van der Waals surface area contributed by atoms with E-state index in [0.29, 0.717) is 23.2 Å². The van der Waals surface area contributed by atoms with Gasteiger partial charge in [0.1, 0.15) is 12.1 Å². The van der Waals surface area contributed by atoms with Gasteiger partial charge in [-0.2, -0.15) is 0 Å². The number of carbonyl (C=O) groups excluding carboxylic acids is 1. The second kappa shape index (κ2) is 6.30. The topological polar surface area (TPSA) is 59.8 Å². The molecule has 0 aliphatic heterocycles. The van der Waals surface area contributed by atoms with Crippen LogP contribution in [0.25, 0.3) is 5.82 Å². The Morgan fingerprint density at radius 3 is 2.68 bits per heavy atom. The Bertz CT molecular complexity index is 628. The predicted octanol–water partition coefficient (Wildman–Crippen LogP) is 2.82. The quantitative estimate of drug-likeness (QED) is 0.948. The standard InChI is InChI=1S/C17H22N4O/c1-12-7-13(2)9-15(8-12)20-17(22)14-3-4-19-16(10-14)21-6-5-18-11-21/h3-6,10-13,15H,7-9H2,1-2H3,(H,20,22). The van der Waals surface area contributed by atoms with E-state index in [1.165, 1.54) is 6.42 Å². The Hall–Kier alpha value is -2.17. The fourth-order valence-corrected chi connectivity index (χ4v) is 3.43. The van der Waals surface area contributed by atoms with Crippen LogP contribution in [0.2, 0.25) is 0 Å². The Labute approximate surface area is 130 Å². The fraction of sp³-hybridized carbons (Fsp3) is 0.471. The van der Waals surface area contributed by atoms with Crippen molar-refractivity contribution in [1.82, 2.24) is 19.9 Å². The maximum Gasteiger partial charge on any atom is 0.251 e. The van der Waals surface area contributed by atoms with E-state index >= 15 is 0 Å². The molecule has 1 aliphatic rings. The number of imidazole rings is 1. The van der Waals surface area contributed by atoms with Crippen LogP contribution < -0.4 is 5.32 Å². The third-order valence-corrected chi connectivity index (χ3v) is 4.29. The molecule has 1 aliphatic carbocycles. The number of hydrogen-bond acceptors (Lipinski definition) is 3. The maximum atomic E-state index is 12.5. The van der Waals surface area contributed by atoms with Crippen LogP contribution in [-0.2, 0) is 0 Å². The van der Waals surface area contributed by atoms with E-state index in [0.717, 1.165) is 12.8 Å². The van der Waals surface area contributed by atoms with Crippen LogP contribution in [0.1, 0.15) is 43.5 Å². The van der Waals surface area contributed by atoms with Crippen LogP contribution >= 0.6 is 0 Å². The zero-order valence-electron chi connectivity index (χ0n) is 13.1. The van der Waals surface area contributed by atoms with Crippen LogP contribution in [0, 0.1) is 11.8 Å². The lowest BCUT2D eigenvalue weighted by molar-refractivity contribution is 0.0911. The molecule has 1 N–H and O–H groups in total. The van der Waals surface area contributed by atoms with E-state index in [1.807, 2.05) is 6.20 Å². The highest BCUT2D eigenvalue weighted by molar-refractivity contribution is 5.94. The molecular weight excluding hydrogens is 276 g/mol. The van der Waals surface area contributed by atoms with Gasteiger partial charge in [0.25, 0.3) is 5.91 Å². The van der Waals surface area contributed by atoms with Gasteiger partial charge in [0.15, 0.2) is 0 Å². The molecule has 2 aromatic rings. The summed E-state index contributed by atoms with van der Waals surface area (Å²) in [5.74, 6) is 2.03. The predicted molar refractivity (Wildman–Crippen MR) is 84.8 cm³/mol. The van der Waals surface area contributed by atoms with Crippen molar-refractivity contribution in [3.8, 4) is 5.82 Å². The lowest BCUT2D eigenvalue weighted by atomic mass is 9.80. The molecule has 0 bridgehead atoms. The van der Waals surface area contributed by atoms with Crippen molar-refractivity contribution in [2.24, 2.45) is 11.8 Å². The normalized spacial score (nSPS) is 24.9. The van der Waals surface area contributed by atoms with Gasteiger partial charge < -0.3 is 5.32 Å². The molecule has 116 valence electrons. The van der Waals surface area contributed by atoms with Crippen LogP contribution in [0.3, 0.4) is 0 Å². The molecule has 0 saturated heterocycles. The molecule has 1 saturated carbocycles. The Morgan fingerprint density at radius 2 is 2.00 bits per heavy atom. The van der Waals surface area contributed by atoms with Crippen LogP contribution in [-0.4, -0.2) is 26.5 Å². The number of amides is 1. The number of carbonyl (C=O) groups is 1. The molecule has 2 aromatic heterocycles. The first kappa shape index (κ1) is 14.8.